The first-order chi connectivity index (χ1) is 9.90. The number of aromatic nitrogens is 6. The van der Waals surface area contributed by atoms with Crippen LogP contribution in [0.5, 0.6) is 0 Å². The van der Waals surface area contributed by atoms with Crippen LogP contribution in [0.3, 0.4) is 0 Å². The normalized spacial score (nSPS) is 11.6. The maximum absolute atomic E-state index is 11.2. The highest BCUT2D eigenvalue weighted by Crippen LogP contribution is 2.23. The van der Waals surface area contributed by atoms with Crippen molar-refractivity contribution in [1.82, 2.24) is 30.3 Å². The Kier molecular flexibility index (Phi) is 4.56. The number of carbonyl (C=O) groups excluding carboxylic acids is 1. The van der Waals surface area contributed by atoms with Crippen molar-refractivity contribution in [2.24, 2.45) is 0 Å². The van der Waals surface area contributed by atoms with E-state index in [-0.39, 0.29) is 12.0 Å². The van der Waals surface area contributed by atoms with Crippen molar-refractivity contribution >= 4 is 17.7 Å². The summed E-state index contributed by atoms with van der Waals surface area (Å²) < 4.78 is 11.1. The van der Waals surface area contributed by atoms with Crippen molar-refractivity contribution in [2.45, 2.75) is 43.6 Å². The van der Waals surface area contributed by atoms with Crippen molar-refractivity contribution in [2.75, 3.05) is 7.11 Å². The van der Waals surface area contributed by atoms with Gasteiger partial charge in [-0.25, -0.2) is 4.68 Å². The molecule has 0 bridgehead atoms. The van der Waals surface area contributed by atoms with Crippen LogP contribution in [0.2, 0.25) is 0 Å². The van der Waals surface area contributed by atoms with E-state index in [1.54, 1.807) is 0 Å². The Morgan fingerprint density at radius 2 is 2.19 bits per heavy atom. The summed E-state index contributed by atoms with van der Waals surface area (Å²) in [7, 11) is 1.31. The molecule has 2 rings (SSSR count). The van der Waals surface area contributed by atoms with Gasteiger partial charge in [-0.15, -0.1) is 5.10 Å². The van der Waals surface area contributed by atoms with E-state index in [1.807, 2.05) is 20.8 Å². The Bertz CT molecular complexity index is 618. The minimum absolute atomic E-state index is 0.0364. The van der Waals surface area contributed by atoms with Gasteiger partial charge in [-0.2, -0.15) is 4.98 Å². The quantitative estimate of drug-likeness (QED) is 0.585. The summed E-state index contributed by atoms with van der Waals surface area (Å²) in [5, 5.41) is 15.5. The van der Waals surface area contributed by atoms with Gasteiger partial charge in [0.15, 0.2) is 5.82 Å². The third-order valence-electron chi connectivity index (χ3n) is 2.45. The lowest BCUT2D eigenvalue weighted by Gasteiger charge is -2.10. The SMILES string of the molecule is COC(=O)Cn1nnnc1SCc1noc(C(C)(C)C)n1. The summed E-state index contributed by atoms with van der Waals surface area (Å²) in [6.07, 6.45) is 0. The molecule has 0 aliphatic carbocycles. The number of rotatable bonds is 5. The van der Waals surface area contributed by atoms with Gasteiger partial charge in [-0.3, -0.25) is 4.79 Å². The first-order valence-electron chi connectivity index (χ1n) is 6.19. The fourth-order valence-electron chi connectivity index (χ4n) is 1.33. The number of ether oxygens (including phenoxy) is 1. The van der Waals surface area contributed by atoms with E-state index >= 15 is 0 Å². The fraction of sp³-hybridized carbons (Fsp3) is 0.636. The van der Waals surface area contributed by atoms with Gasteiger partial charge >= 0.3 is 5.97 Å². The second-order valence-electron chi connectivity index (χ2n) is 5.25. The molecule has 0 N–H and O–H groups in total. The highest BCUT2D eigenvalue weighted by Gasteiger charge is 2.22. The molecule has 0 atom stereocenters. The van der Waals surface area contributed by atoms with Crippen LogP contribution in [-0.4, -0.2) is 43.4 Å². The average Bonchev–Trinajstić information content (AvgIpc) is 3.04. The zero-order valence-corrected chi connectivity index (χ0v) is 13.0. The van der Waals surface area contributed by atoms with Gasteiger partial charge in [0.05, 0.1) is 12.9 Å². The van der Waals surface area contributed by atoms with Crippen molar-refractivity contribution in [1.29, 1.82) is 0 Å². The largest absolute Gasteiger partial charge is 0.468 e. The molecule has 21 heavy (non-hydrogen) atoms. The number of hydrogen-bond acceptors (Lipinski definition) is 9. The Morgan fingerprint density at radius 3 is 2.81 bits per heavy atom. The van der Waals surface area contributed by atoms with Gasteiger partial charge in [-0.1, -0.05) is 37.7 Å². The molecule has 0 saturated heterocycles. The summed E-state index contributed by atoms with van der Waals surface area (Å²) in [4.78, 5) is 15.6. The van der Waals surface area contributed by atoms with E-state index in [0.29, 0.717) is 22.6 Å². The smallest absolute Gasteiger partial charge is 0.327 e. The summed E-state index contributed by atoms with van der Waals surface area (Å²) in [5.74, 6) is 1.16. The molecule has 0 aromatic carbocycles. The maximum Gasteiger partial charge on any atom is 0.327 e. The molecular weight excluding hydrogens is 296 g/mol. The number of tetrazole rings is 1. The predicted octanol–water partition coefficient (Wildman–Crippen LogP) is 0.819. The Labute approximate surface area is 125 Å². The molecule has 0 unspecified atom stereocenters. The van der Waals surface area contributed by atoms with Crippen LogP contribution < -0.4 is 0 Å². The molecule has 2 aromatic rings. The Morgan fingerprint density at radius 1 is 1.43 bits per heavy atom. The van der Waals surface area contributed by atoms with E-state index in [1.165, 1.54) is 23.6 Å². The van der Waals surface area contributed by atoms with Crippen molar-refractivity contribution in [3.63, 3.8) is 0 Å². The molecule has 0 amide bonds. The summed E-state index contributed by atoms with van der Waals surface area (Å²) in [6.45, 7) is 5.95. The second kappa shape index (κ2) is 6.20. The third-order valence-corrected chi connectivity index (χ3v) is 3.40. The van der Waals surface area contributed by atoms with Crippen molar-refractivity contribution < 1.29 is 14.1 Å². The number of hydrogen-bond donors (Lipinski definition) is 0. The number of esters is 1. The van der Waals surface area contributed by atoms with Crippen LogP contribution in [-0.2, 0) is 27.2 Å². The first kappa shape index (κ1) is 15.4. The molecule has 0 aliphatic heterocycles. The maximum atomic E-state index is 11.2. The number of methoxy groups -OCH3 is 1. The van der Waals surface area contributed by atoms with E-state index in [9.17, 15) is 4.79 Å². The average molecular weight is 312 g/mol. The first-order valence-corrected chi connectivity index (χ1v) is 7.17. The van der Waals surface area contributed by atoms with Gasteiger partial charge in [0.25, 0.3) is 0 Å². The summed E-state index contributed by atoms with van der Waals surface area (Å²) in [6, 6.07) is 0. The molecule has 0 spiro atoms. The lowest BCUT2D eigenvalue weighted by Crippen LogP contribution is -2.13. The lowest BCUT2D eigenvalue weighted by molar-refractivity contribution is -0.141. The predicted molar refractivity (Wildman–Crippen MR) is 72.4 cm³/mol. The summed E-state index contributed by atoms with van der Waals surface area (Å²) in [5.41, 5.74) is -0.192. The molecule has 2 aromatic heterocycles. The summed E-state index contributed by atoms with van der Waals surface area (Å²) >= 11 is 1.32. The van der Waals surface area contributed by atoms with Gasteiger partial charge in [0.2, 0.25) is 11.0 Å². The molecule has 9 nitrogen and oxygen atoms in total. The minimum atomic E-state index is -0.418. The fourth-order valence-corrected chi connectivity index (χ4v) is 2.05. The third kappa shape index (κ3) is 4.00. The standard InChI is InChI=1S/C11H16N6O3S/c1-11(2,3)9-12-7(14-20-9)6-21-10-13-15-16-17(10)5-8(18)19-4/h5-6H2,1-4H3. The minimum Gasteiger partial charge on any atom is -0.468 e. The van der Waals surface area contributed by atoms with Crippen LogP contribution in [0, 0.1) is 0 Å². The molecule has 10 heteroatoms. The van der Waals surface area contributed by atoms with Crippen LogP contribution in [0.25, 0.3) is 0 Å². The second-order valence-corrected chi connectivity index (χ2v) is 6.19. The molecule has 114 valence electrons. The van der Waals surface area contributed by atoms with Crippen LogP contribution in [0.4, 0.5) is 0 Å². The van der Waals surface area contributed by atoms with Crippen molar-refractivity contribution in [3.8, 4) is 0 Å². The van der Waals surface area contributed by atoms with Gasteiger partial charge in [0.1, 0.15) is 6.54 Å². The van der Waals surface area contributed by atoms with Crippen LogP contribution in [0.15, 0.2) is 9.68 Å². The Hall–Kier alpha value is -1.97. The van der Waals surface area contributed by atoms with Gasteiger partial charge in [-0.05, 0) is 10.4 Å². The van der Waals surface area contributed by atoms with Gasteiger partial charge in [0, 0.05) is 5.41 Å². The zero-order chi connectivity index (χ0) is 15.5. The van der Waals surface area contributed by atoms with Crippen molar-refractivity contribution in [3.05, 3.63) is 11.7 Å². The van der Waals surface area contributed by atoms with E-state index in [2.05, 4.69) is 30.4 Å². The lowest BCUT2D eigenvalue weighted by atomic mass is 9.97. The molecule has 0 aliphatic rings. The van der Waals surface area contributed by atoms with Gasteiger partial charge < -0.3 is 9.26 Å². The highest BCUT2D eigenvalue weighted by molar-refractivity contribution is 7.98. The monoisotopic (exact) mass is 312 g/mol. The van der Waals surface area contributed by atoms with Crippen LogP contribution in [0.1, 0.15) is 32.5 Å². The molecule has 0 fully saturated rings. The topological polar surface area (TPSA) is 109 Å². The number of carbonyl (C=O) groups is 1. The molecule has 0 radical (unpaired) electrons. The molecular formula is C11H16N6O3S. The van der Waals surface area contributed by atoms with E-state index in [0.717, 1.165) is 0 Å². The Balaban J connectivity index is 1.99. The number of nitrogens with zero attached hydrogens (tertiary/aromatic N) is 6. The van der Waals surface area contributed by atoms with Crippen LogP contribution >= 0.6 is 11.8 Å². The zero-order valence-electron chi connectivity index (χ0n) is 12.2. The van der Waals surface area contributed by atoms with E-state index < -0.39 is 5.97 Å². The highest BCUT2D eigenvalue weighted by atomic mass is 32.2. The number of thioether (sulfide) groups is 1. The molecule has 2 heterocycles. The molecule has 0 saturated carbocycles. The van der Waals surface area contributed by atoms with E-state index in [4.69, 9.17) is 4.52 Å².